The van der Waals surface area contributed by atoms with Crippen molar-refractivity contribution in [2.75, 3.05) is 20.8 Å². The van der Waals surface area contributed by atoms with Gasteiger partial charge in [-0.15, -0.1) is 0 Å². The Kier molecular flexibility index (Phi) is 10.2. The Balaban J connectivity index is 1.37. The van der Waals surface area contributed by atoms with Gasteiger partial charge in [0.2, 0.25) is 12.0 Å². The third-order valence-corrected chi connectivity index (χ3v) is 7.91. The van der Waals surface area contributed by atoms with E-state index in [9.17, 15) is 40.2 Å². The molecule has 0 saturated carbocycles. The fourth-order valence-corrected chi connectivity index (χ4v) is 5.40. The summed E-state index contributed by atoms with van der Waals surface area (Å²) in [5.41, 5.74) is -0.0470. The Bertz CT molecular complexity index is 1620. The van der Waals surface area contributed by atoms with Gasteiger partial charge in [0, 0.05) is 24.6 Å². The standard InChI is InChI=1S/C31H36O16/c1-12-28(44-13(2)32)25(37)27(39)30(43-12)42-11-20-22(34)24(36)26(38)31(47-20)46-19-10-18-21(29(41-4)23(19)35)16(33)9-17(45-18)14-5-7-15(40-3)8-6-14/h5-10,12,20,22,24-28,30-31,34-39H,11H2,1-4H3/t12-,20+,22+,24-,25-,26+,27+,28-,30+,31+/m0/s1. The van der Waals surface area contributed by atoms with Gasteiger partial charge in [-0.2, -0.15) is 0 Å². The van der Waals surface area contributed by atoms with Gasteiger partial charge in [-0.3, -0.25) is 9.59 Å². The van der Waals surface area contributed by atoms with Gasteiger partial charge in [-0.05, 0) is 31.2 Å². The van der Waals surface area contributed by atoms with Crippen LogP contribution >= 0.6 is 0 Å². The minimum atomic E-state index is -1.84. The van der Waals surface area contributed by atoms with Crippen LogP contribution in [-0.4, -0.2) is 119 Å². The summed E-state index contributed by atoms with van der Waals surface area (Å²) in [5.74, 6) is -1.22. The predicted octanol–water partition coefficient (Wildman–Crippen LogP) is -0.216. The van der Waals surface area contributed by atoms with Crippen LogP contribution in [0.4, 0.5) is 0 Å². The van der Waals surface area contributed by atoms with Gasteiger partial charge < -0.3 is 68.2 Å². The third kappa shape index (κ3) is 6.86. The summed E-state index contributed by atoms with van der Waals surface area (Å²) in [4.78, 5) is 24.5. The number of carbonyl (C=O) groups is 1. The molecular formula is C31H36O16. The van der Waals surface area contributed by atoms with Crippen molar-refractivity contribution in [1.29, 1.82) is 0 Å². The number of methoxy groups -OCH3 is 2. The molecule has 0 aliphatic carbocycles. The maximum atomic E-state index is 13.1. The van der Waals surface area contributed by atoms with Gasteiger partial charge in [0.25, 0.3) is 0 Å². The molecule has 16 heteroatoms. The molecule has 2 aliphatic rings. The first-order valence-corrected chi connectivity index (χ1v) is 14.5. The van der Waals surface area contributed by atoms with Crippen LogP contribution in [0.25, 0.3) is 22.3 Å². The number of ether oxygens (including phenoxy) is 7. The zero-order valence-electron chi connectivity index (χ0n) is 25.7. The number of esters is 1. The molecular weight excluding hydrogens is 628 g/mol. The van der Waals surface area contributed by atoms with Crippen molar-refractivity contribution >= 4 is 16.9 Å². The maximum Gasteiger partial charge on any atom is 0.303 e. The zero-order chi connectivity index (χ0) is 34.2. The Labute approximate surface area is 267 Å². The van der Waals surface area contributed by atoms with E-state index < -0.39 is 85.2 Å². The first-order valence-electron chi connectivity index (χ1n) is 14.5. The highest BCUT2D eigenvalue weighted by atomic mass is 16.7. The van der Waals surface area contributed by atoms with Crippen LogP contribution in [0.3, 0.4) is 0 Å². The average molecular weight is 665 g/mol. The zero-order valence-corrected chi connectivity index (χ0v) is 25.7. The average Bonchev–Trinajstić information content (AvgIpc) is 3.05. The summed E-state index contributed by atoms with van der Waals surface area (Å²) in [6, 6.07) is 9.11. The predicted molar refractivity (Wildman–Crippen MR) is 158 cm³/mol. The SMILES string of the molecule is COc1ccc(-c2cc(=O)c3c(OC)c(O)c(O[C@@H]4O[C@H](CO[C@@H]5O[C@@H](C)[C@H](OC(C)=O)[C@@H](O)[C@H]5O)[C@@H](O)[C@H](O)[C@H]4O)cc3o2)cc1. The van der Waals surface area contributed by atoms with Crippen LogP contribution in [0.2, 0.25) is 0 Å². The number of phenolic OH excluding ortho intramolecular Hbond substituents is 1. The molecule has 256 valence electrons. The number of fused-ring (bicyclic) bond motifs is 1. The molecule has 16 nitrogen and oxygen atoms in total. The van der Waals surface area contributed by atoms with Crippen molar-refractivity contribution in [2.24, 2.45) is 0 Å². The number of aromatic hydroxyl groups is 1. The second-order valence-corrected chi connectivity index (χ2v) is 11.1. The van der Waals surface area contributed by atoms with Crippen molar-refractivity contribution in [1.82, 2.24) is 0 Å². The smallest absolute Gasteiger partial charge is 0.303 e. The molecule has 0 radical (unpaired) electrons. The minimum Gasteiger partial charge on any atom is -0.502 e. The van der Waals surface area contributed by atoms with E-state index >= 15 is 0 Å². The van der Waals surface area contributed by atoms with Crippen molar-refractivity contribution < 1.29 is 73.0 Å². The molecule has 10 atom stereocenters. The number of aliphatic hydroxyl groups excluding tert-OH is 5. The van der Waals surface area contributed by atoms with Crippen LogP contribution in [0.1, 0.15) is 13.8 Å². The van der Waals surface area contributed by atoms with Gasteiger partial charge in [0.1, 0.15) is 59.1 Å². The molecule has 0 bridgehead atoms. The monoisotopic (exact) mass is 664 g/mol. The van der Waals surface area contributed by atoms with E-state index in [1.807, 2.05) is 0 Å². The van der Waals surface area contributed by atoms with E-state index in [1.165, 1.54) is 33.3 Å². The van der Waals surface area contributed by atoms with E-state index in [-0.39, 0.29) is 28.2 Å². The van der Waals surface area contributed by atoms with Gasteiger partial charge in [0.05, 0.1) is 26.9 Å². The lowest BCUT2D eigenvalue weighted by atomic mass is 9.98. The normalized spacial score (nSPS) is 30.9. The maximum absolute atomic E-state index is 13.1. The lowest BCUT2D eigenvalue weighted by molar-refractivity contribution is -0.319. The van der Waals surface area contributed by atoms with Gasteiger partial charge in [-0.25, -0.2) is 0 Å². The quantitative estimate of drug-likeness (QED) is 0.162. The number of aliphatic hydroxyl groups is 5. The molecule has 5 rings (SSSR count). The Morgan fingerprint density at radius 2 is 1.55 bits per heavy atom. The van der Waals surface area contributed by atoms with Gasteiger partial charge in [0.15, 0.2) is 29.3 Å². The first kappa shape index (κ1) is 34.3. The third-order valence-electron chi connectivity index (χ3n) is 7.91. The number of hydrogen-bond acceptors (Lipinski definition) is 16. The summed E-state index contributed by atoms with van der Waals surface area (Å²) in [6.45, 7) is 2.08. The van der Waals surface area contributed by atoms with Crippen molar-refractivity contribution in [3.63, 3.8) is 0 Å². The molecule has 1 aromatic heterocycles. The Hall–Kier alpha value is -4.00. The minimum absolute atomic E-state index is 0.0538. The number of hydrogen-bond donors (Lipinski definition) is 6. The second kappa shape index (κ2) is 14.0. The van der Waals surface area contributed by atoms with Crippen LogP contribution in [-0.2, 0) is 23.7 Å². The van der Waals surface area contributed by atoms with Crippen molar-refractivity contribution in [2.45, 2.75) is 75.3 Å². The lowest BCUT2D eigenvalue weighted by Crippen LogP contribution is -2.62. The summed E-state index contributed by atoms with van der Waals surface area (Å²) in [7, 11) is 2.72. The molecule has 2 aromatic carbocycles. The van der Waals surface area contributed by atoms with E-state index in [2.05, 4.69) is 0 Å². The molecule has 0 amide bonds. The number of phenols is 1. The van der Waals surface area contributed by atoms with Gasteiger partial charge in [-0.1, -0.05) is 0 Å². The number of rotatable bonds is 9. The molecule has 0 spiro atoms. The summed E-state index contributed by atoms with van der Waals surface area (Å²) < 4.78 is 43.9. The fourth-order valence-electron chi connectivity index (χ4n) is 5.40. The van der Waals surface area contributed by atoms with Crippen LogP contribution in [0.15, 0.2) is 45.6 Å². The number of benzene rings is 2. The van der Waals surface area contributed by atoms with E-state index in [4.69, 9.17) is 37.6 Å². The van der Waals surface area contributed by atoms with Crippen LogP contribution < -0.4 is 19.6 Å². The van der Waals surface area contributed by atoms with Gasteiger partial charge >= 0.3 is 5.97 Å². The highest BCUT2D eigenvalue weighted by Gasteiger charge is 2.48. The molecule has 2 aliphatic heterocycles. The highest BCUT2D eigenvalue weighted by Crippen LogP contribution is 2.43. The summed E-state index contributed by atoms with van der Waals surface area (Å²) >= 11 is 0. The highest BCUT2D eigenvalue weighted by molar-refractivity contribution is 5.89. The molecule has 2 saturated heterocycles. The Morgan fingerprint density at radius 1 is 0.872 bits per heavy atom. The molecule has 2 fully saturated rings. The largest absolute Gasteiger partial charge is 0.502 e. The van der Waals surface area contributed by atoms with E-state index in [1.54, 1.807) is 24.3 Å². The van der Waals surface area contributed by atoms with E-state index in [0.29, 0.717) is 11.3 Å². The second-order valence-electron chi connectivity index (χ2n) is 11.1. The summed E-state index contributed by atoms with van der Waals surface area (Å²) in [6.07, 6.45) is -15.3. The van der Waals surface area contributed by atoms with Crippen LogP contribution in [0.5, 0.6) is 23.0 Å². The molecule has 47 heavy (non-hydrogen) atoms. The van der Waals surface area contributed by atoms with Crippen molar-refractivity contribution in [3.8, 4) is 34.3 Å². The molecule has 6 N–H and O–H groups in total. The molecule has 3 aromatic rings. The van der Waals surface area contributed by atoms with E-state index in [0.717, 1.165) is 6.92 Å². The first-order chi connectivity index (χ1) is 22.3. The molecule has 0 unspecified atom stereocenters. The Morgan fingerprint density at radius 3 is 2.19 bits per heavy atom. The topological polar surface area (TPSA) is 233 Å². The fraction of sp³-hybridized carbons (Fsp3) is 0.484. The number of carbonyl (C=O) groups excluding carboxylic acids is 1. The summed E-state index contributed by atoms with van der Waals surface area (Å²) in [5, 5.41) is 63.7. The lowest BCUT2D eigenvalue weighted by Gasteiger charge is -2.43. The molecule has 3 heterocycles. The van der Waals surface area contributed by atoms with Crippen LogP contribution in [0, 0.1) is 0 Å². The van der Waals surface area contributed by atoms with Crippen molar-refractivity contribution in [3.05, 3.63) is 46.6 Å².